The summed E-state index contributed by atoms with van der Waals surface area (Å²) >= 11 is 0. The van der Waals surface area contributed by atoms with Crippen LogP contribution >= 0.6 is 0 Å². The first-order valence-corrected chi connectivity index (χ1v) is 8.61. The predicted molar refractivity (Wildman–Crippen MR) is 102 cm³/mol. The van der Waals surface area contributed by atoms with Crippen LogP contribution in [-0.4, -0.2) is 56.2 Å². The van der Waals surface area contributed by atoms with E-state index in [0.29, 0.717) is 18.0 Å². The Balaban J connectivity index is 2.57. The van der Waals surface area contributed by atoms with Gasteiger partial charge in [-0.3, -0.25) is 15.0 Å². The normalized spacial score (nSPS) is 12.5. The van der Waals surface area contributed by atoms with Crippen molar-refractivity contribution in [1.29, 1.82) is 0 Å². The standard InChI is InChI=1S/C19H31N3O4/c1-13(17(23)20-18(24)21-19(2,3)4)22(5)11-10-14-8-9-15(25-6)16(12-14)26-7/h8-9,12-13H,10-11H2,1-7H3,(H2,20,21,23,24)/t13-/m0/s1. The first-order valence-electron chi connectivity index (χ1n) is 8.61. The lowest BCUT2D eigenvalue weighted by Crippen LogP contribution is -2.52. The van der Waals surface area contributed by atoms with Gasteiger partial charge in [-0.2, -0.15) is 0 Å². The first kappa shape index (κ1) is 21.8. The number of hydrogen-bond acceptors (Lipinski definition) is 5. The summed E-state index contributed by atoms with van der Waals surface area (Å²) in [7, 11) is 5.05. The highest BCUT2D eigenvalue weighted by Crippen LogP contribution is 2.27. The molecule has 146 valence electrons. The van der Waals surface area contributed by atoms with Gasteiger partial charge in [0.2, 0.25) is 5.91 Å². The summed E-state index contributed by atoms with van der Waals surface area (Å²) in [4.78, 5) is 25.9. The Bertz CT molecular complexity index is 626. The van der Waals surface area contributed by atoms with Crippen LogP contribution in [0.5, 0.6) is 11.5 Å². The van der Waals surface area contributed by atoms with Crippen molar-refractivity contribution in [2.75, 3.05) is 27.8 Å². The largest absolute Gasteiger partial charge is 0.493 e. The number of methoxy groups -OCH3 is 2. The number of ether oxygens (including phenoxy) is 2. The maximum atomic E-state index is 12.2. The van der Waals surface area contributed by atoms with Crippen LogP contribution in [0.1, 0.15) is 33.3 Å². The fraction of sp³-hybridized carbons (Fsp3) is 0.579. The number of hydrogen-bond donors (Lipinski definition) is 2. The van der Waals surface area contributed by atoms with Crippen molar-refractivity contribution in [1.82, 2.24) is 15.5 Å². The molecule has 0 aliphatic rings. The van der Waals surface area contributed by atoms with Crippen LogP contribution in [0.25, 0.3) is 0 Å². The maximum absolute atomic E-state index is 12.2. The van der Waals surface area contributed by atoms with Gasteiger partial charge in [-0.1, -0.05) is 6.07 Å². The summed E-state index contributed by atoms with van der Waals surface area (Å²) in [6.07, 6.45) is 0.739. The Kier molecular flexibility index (Phi) is 7.89. The molecular formula is C19H31N3O4. The van der Waals surface area contributed by atoms with Crippen LogP contribution in [0, 0.1) is 0 Å². The summed E-state index contributed by atoms with van der Waals surface area (Å²) in [5, 5.41) is 5.09. The quantitative estimate of drug-likeness (QED) is 0.774. The zero-order valence-corrected chi connectivity index (χ0v) is 16.8. The summed E-state index contributed by atoms with van der Waals surface area (Å²) in [6, 6.07) is 4.84. The molecule has 0 heterocycles. The van der Waals surface area contributed by atoms with Gasteiger partial charge in [-0.15, -0.1) is 0 Å². The molecule has 26 heavy (non-hydrogen) atoms. The zero-order chi connectivity index (χ0) is 19.9. The SMILES string of the molecule is COc1ccc(CCN(C)[C@@H](C)C(=O)NC(=O)NC(C)(C)C)cc1OC. The number of nitrogens with zero attached hydrogens (tertiary/aromatic N) is 1. The summed E-state index contributed by atoms with van der Waals surface area (Å²) in [5.41, 5.74) is 0.681. The van der Waals surface area contributed by atoms with Crippen molar-refractivity contribution in [2.45, 2.75) is 45.7 Å². The molecule has 0 spiro atoms. The highest BCUT2D eigenvalue weighted by Gasteiger charge is 2.22. The fourth-order valence-corrected chi connectivity index (χ4v) is 2.32. The molecule has 1 aromatic rings. The smallest absolute Gasteiger partial charge is 0.321 e. The molecule has 0 aromatic heterocycles. The second-order valence-electron chi connectivity index (χ2n) is 7.29. The molecular weight excluding hydrogens is 334 g/mol. The third-order valence-electron chi connectivity index (χ3n) is 3.97. The summed E-state index contributed by atoms with van der Waals surface area (Å²) in [6.45, 7) is 8.00. The van der Waals surface area contributed by atoms with Crippen LogP contribution < -0.4 is 20.1 Å². The molecule has 7 heteroatoms. The number of carbonyl (C=O) groups is 2. The third kappa shape index (κ3) is 6.92. The highest BCUT2D eigenvalue weighted by atomic mass is 16.5. The van der Waals surface area contributed by atoms with Crippen LogP contribution in [0.15, 0.2) is 18.2 Å². The average Bonchev–Trinajstić information content (AvgIpc) is 2.56. The molecule has 1 aromatic carbocycles. The number of rotatable bonds is 7. The molecule has 0 radical (unpaired) electrons. The van der Waals surface area contributed by atoms with E-state index in [9.17, 15) is 9.59 Å². The van der Waals surface area contributed by atoms with Gasteiger partial charge in [0, 0.05) is 12.1 Å². The van der Waals surface area contributed by atoms with Crippen molar-refractivity contribution in [2.24, 2.45) is 0 Å². The monoisotopic (exact) mass is 365 g/mol. The van der Waals surface area contributed by atoms with Crippen molar-refractivity contribution in [3.63, 3.8) is 0 Å². The number of urea groups is 1. The van der Waals surface area contributed by atoms with Gasteiger partial charge in [-0.05, 0) is 58.9 Å². The van der Waals surface area contributed by atoms with Gasteiger partial charge in [0.15, 0.2) is 11.5 Å². The lowest BCUT2D eigenvalue weighted by atomic mass is 10.1. The van der Waals surface area contributed by atoms with Gasteiger partial charge in [-0.25, -0.2) is 4.79 Å². The third-order valence-corrected chi connectivity index (χ3v) is 3.97. The van der Waals surface area contributed by atoms with E-state index in [1.165, 1.54) is 0 Å². The second-order valence-corrected chi connectivity index (χ2v) is 7.29. The van der Waals surface area contributed by atoms with Gasteiger partial charge in [0.05, 0.1) is 20.3 Å². The molecule has 1 rings (SSSR count). The lowest BCUT2D eigenvalue weighted by Gasteiger charge is -2.25. The summed E-state index contributed by atoms with van der Waals surface area (Å²) < 4.78 is 10.5. The first-order chi connectivity index (χ1) is 12.1. The van der Waals surface area contributed by atoms with E-state index in [1.54, 1.807) is 21.1 Å². The molecule has 0 aliphatic carbocycles. The van der Waals surface area contributed by atoms with Crippen molar-refractivity contribution in [3.05, 3.63) is 23.8 Å². The van der Waals surface area contributed by atoms with Crippen molar-refractivity contribution < 1.29 is 19.1 Å². The highest BCUT2D eigenvalue weighted by molar-refractivity contribution is 5.97. The number of nitrogens with one attached hydrogen (secondary N) is 2. The lowest BCUT2D eigenvalue weighted by molar-refractivity contribution is -0.124. The van der Waals surface area contributed by atoms with E-state index in [2.05, 4.69) is 10.6 Å². The van der Waals surface area contributed by atoms with Crippen molar-refractivity contribution in [3.8, 4) is 11.5 Å². The minimum absolute atomic E-state index is 0.332. The molecule has 2 N–H and O–H groups in total. The minimum atomic E-state index is -0.484. The molecule has 0 fully saturated rings. The second kappa shape index (κ2) is 9.43. The van der Waals surface area contributed by atoms with Crippen LogP contribution in [0.3, 0.4) is 0 Å². The zero-order valence-electron chi connectivity index (χ0n) is 16.8. The number of imide groups is 1. The molecule has 0 aliphatic heterocycles. The number of benzene rings is 1. The Morgan fingerprint density at radius 2 is 1.77 bits per heavy atom. The van der Waals surface area contributed by atoms with E-state index in [1.807, 2.05) is 50.9 Å². The molecule has 1 atom stereocenters. The van der Waals surface area contributed by atoms with Crippen LogP contribution in [0.2, 0.25) is 0 Å². The molecule has 0 saturated heterocycles. The Labute approximate surface area is 156 Å². The Hall–Kier alpha value is -2.28. The summed E-state index contributed by atoms with van der Waals surface area (Å²) in [5.74, 6) is 1.03. The van der Waals surface area contributed by atoms with E-state index in [0.717, 1.165) is 12.0 Å². The molecule has 0 unspecified atom stereocenters. The van der Waals surface area contributed by atoms with E-state index >= 15 is 0 Å². The molecule has 7 nitrogen and oxygen atoms in total. The minimum Gasteiger partial charge on any atom is -0.493 e. The molecule has 0 bridgehead atoms. The van der Waals surface area contributed by atoms with E-state index < -0.39 is 17.6 Å². The topological polar surface area (TPSA) is 79.9 Å². The molecule has 0 saturated carbocycles. The van der Waals surface area contributed by atoms with E-state index in [-0.39, 0.29) is 5.91 Å². The number of carbonyl (C=O) groups excluding carboxylic acids is 2. The Morgan fingerprint density at radius 1 is 1.15 bits per heavy atom. The number of likely N-dealkylation sites (N-methyl/N-ethyl adjacent to an activating group) is 1. The van der Waals surface area contributed by atoms with Gasteiger partial charge < -0.3 is 14.8 Å². The van der Waals surface area contributed by atoms with Crippen molar-refractivity contribution >= 4 is 11.9 Å². The van der Waals surface area contributed by atoms with E-state index in [4.69, 9.17) is 9.47 Å². The predicted octanol–water partition coefficient (Wildman–Crippen LogP) is 2.19. The fourth-order valence-electron chi connectivity index (χ4n) is 2.32. The van der Waals surface area contributed by atoms with Gasteiger partial charge in [0.1, 0.15) is 0 Å². The van der Waals surface area contributed by atoms with Gasteiger partial charge in [0.25, 0.3) is 0 Å². The van der Waals surface area contributed by atoms with Crippen LogP contribution in [-0.2, 0) is 11.2 Å². The van der Waals surface area contributed by atoms with Crippen LogP contribution in [0.4, 0.5) is 4.79 Å². The molecule has 3 amide bonds. The maximum Gasteiger partial charge on any atom is 0.321 e. The Morgan fingerprint density at radius 3 is 2.31 bits per heavy atom. The number of amides is 3. The van der Waals surface area contributed by atoms with Gasteiger partial charge >= 0.3 is 6.03 Å². The average molecular weight is 365 g/mol.